The molecule has 0 spiro atoms. The van der Waals surface area contributed by atoms with Crippen molar-refractivity contribution in [1.82, 2.24) is 16.0 Å². The van der Waals surface area contributed by atoms with E-state index >= 15 is 0 Å². The van der Waals surface area contributed by atoms with Gasteiger partial charge in [0.05, 0.1) is 6.04 Å². The predicted octanol–water partition coefficient (Wildman–Crippen LogP) is -0.785. The highest BCUT2D eigenvalue weighted by molar-refractivity contribution is 5.94. The lowest BCUT2D eigenvalue weighted by atomic mass is 9.98. The normalized spacial score (nSPS) is 14.9. The molecule has 0 bridgehead atoms. The summed E-state index contributed by atoms with van der Waals surface area (Å²) in [4.78, 5) is 53.7. The Morgan fingerprint density at radius 3 is 2.17 bits per heavy atom. The van der Waals surface area contributed by atoms with Crippen molar-refractivity contribution in [1.29, 1.82) is 0 Å². The summed E-state index contributed by atoms with van der Waals surface area (Å²) in [5.41, 5.74) is 17.5. The number of nitrogens with one attached hydrogen (secondary N) is 3. The van der Waals surface area contributed by atoms with E-state index in [1.165, 1.54) is 6.92 Å². The van der Waals surface area contributed by atoms with Crippen molar-refractivity contribution in [3.05, 3.63) is 35.9 Å². The highest BCUT2D eigenvalue weighted by Crippen LogP contribution is 2.09. The maximum Gasteiger partial charge on any atom is 0.326 e. The molecule has 0 fully saturated rings. The molecular weight excluding hydrogens is 466 g/mol. The number of carboxylic acid groups (broad SMARTS) is 1. The number of aliphatic carboxylic acids is 1. The molecule has 12 heteroatoms. The van der Waals surface area contributed by atoms with E-state index in [1.807, 2.05) is 37.3 Å². The molecule has 5 unspecified atom stereocenters. The van der Waals surface area contributed by atoms with Gasteiger partial charge in [0.15, 0.2) is 5.96 Å². The molecule has 0 aliphatic rings. The number of rotatable bonds is 15. The molecule has 0 aromatic heterocycles. The lowest BCUT2D eigenvalue weighted by Crippen LogP contribution is -2.57. The van der Waals surface area contributed by atoms with Gasteiger partial charge in [0, 0.05) is 6.54 Å². The predicted molar refractivity (Wildman–Crippen MR) is 137 cm³/mol. The maximum atomic E-state index is 12.9. The van der Waals surface area contributed by atoms with Gasteiger partial charge in [0.1, 0.15) is 18.1 Å². The Hall–Kier alpha value is -3.67. The highest BCUT2D eigenvalue weighted by Gasteiger charge is 2.30. The number of hydrogen-bond acceptors (Lipinski definition) is 6. The van der Waals surface area contributed by atoms with Gasteiger partial charge in [-0.25, -0.2) is 4.79 Å². The van der Waals surface area contributed by atoms with Gasteiger partial charge in [-0.15, -0.1) is 0 Å². The van der Waals surface area contributed by atoms with E-state index in [0.717, 1.165) is 5.56 Å². The maximum absolute atomic E-state index is 12.9. The van der Waals surface area contributed by atoms with Gasteiger partial charge in [-0.05, 0) is 37.7 Å². The molecule has 200 valence electrons. The first-order chi connectivity index (χ1) is 17.0. The van der Waals surface area contributed by atoms with Crippen LogP contribution in [0.4, 0.5) is 0 Å². The summed E-state index contributed by atoms with van der Waals surface area (Å²) in [5.74, 6) is -3.39. The summed E-state index contributed by atoms with van der Waals surface area (Å²) in [5, 5.41) is 17.1. The summed E-state index contributed by atoms with van der Waals surface area (Å²) in [7, 11) is 0. The van der Waals surface area contributed by atoms with Crippen LogP contribution in [0.5, 0.6) is 0 Å². The Balaban J connectivity index is 2.83. The van der Waals surface area contributed by atoms with E-state index in [4.69, 9.17) is 17.2 Å². The van der Waals surface area contributed by atoms with Crippen LogP contribution in [-0.4, -0.2) is 65.5 Å². The zero-order valence-corrected chi connectivity index (χ0v) is 21.1. The Bertz CT molecular complexity index is 905. The van der Waals surface area contributed by atoms with Crippen LogP contribution in [0.15, 0.2) is 35.3 Å². The third-order valence-corrected chi connectivity index (χ3v) is 5.74. The Kier molecular flexibility index (Phi) is 12.9. The minimum absolute atomic E-state index is 0.106. The Labute approximate surface area is 211 Å². The summed E-state index contributed by atoms with van der Waals surface area (Å²) in [6.45, 7) is 5.21. The molecule has 5 atom stereocenters. The second-order valence-electron chi connectivity index (χ2n) is 8.75. The number of nitrogens with two attached hydrogens (primary N) is 3. The topological polar surface area (TPSA) is 215 Å². The number of nitrogens with zero attached hydrogens (tertiary/aromatic N) is 1. The molecule has 1 aromatic carbocycles. The van der Waals surface area contributed by atoms with Crippen LogP contribution in [0.3, 0.4) is 0 Å². The summed E-state index contributed by atoms with van der Waals surface area (Å²) in [6, 6.07) is 5.19. The molecule has 0 saturated carbocycles. The quantitative estimate of drug-likeness (QED) is 0.0908. The van der Waals surface area contributed by atoms with Crippen LogP contribution >= 0.6 is 0 Å². The molecule has 3 amide bonds. The van der Waals surface area contributed by atoms with Crippen LogP contribution in [0.25, 0.3) is 0 Å². The molecule has 12 nitrogen and oxygen atoms in total. The number of aliphatic imine (C=N–C) groups is 1. The number of carboxylic acids is 1. The lowest BCUT2D eigenvalue weighted by Gasteiger charge is -2.25. The molecule has 36 heavy (non-hydrogen) atoms. The minimum Gasteiger partial charge on any atom is -0.480 e. The zero-order valence-electron chi connectivity index (χ0n) is 21.1. The number of carbonyl (C=O) groups excluding carboxylic acids is 3. The molecular formula is C24H39N7O5. The fourth-order valence-electron chi connectivity index (χ4n) is 3.35. The monoisotopic (exact) mass is 505 g/mol. The van der Waals surface area contributed by atoms with Gasteiger partial charge in [0.25, 0.3) is 0 Å². The summed E-state index contributed by atoms with van der Waals surface area (Å²) >= 11 is 0. The molecule has 1 aromatic rings. The van der Waals surface area contributed by atoms with Crippen molar-refractivity contribution in [3.63, 3.8) is 0 Å². The molecule has 10 N–H and O–H groups in total. The molecule has 0 aliphatic heterocycles. The van der Waals surface area contributed by atoms with E-state index in [0.29, 0.717) is 19.3 Å². The first-order valence-electron chi connectivity index (χ1n) is 11.9. The van der Waals surface area contributed by atoms with Crippen molar-refractivity contribution < 1.29 is 24.3 Å². The van der Waals surface area contributed by atoms with Crippen molar-refractivity contribution in [3.8, 4) is 0 Å². The summed E-state index contributed by atoms with van der Waals surface area (Å²) in [6.07, 6.45) is 1.32. The van der Waals surface area contributed by atoms with Gasteiger partial charge >= 0.3 is 5.97 Å². The fraction of sp³-hybridized carbons (Fsp3) is 0.542. The van der Waals surface area contributed by atoms with Gasteiger partial charge in [-0.3, -0.25) is 19.4 Å². The van der Waals surface area contributed by atoms with Crippen LogP contribution in [-0.2, 0) is 25.6 Å². The van der Waals surface area contributed by atoms with Crippen LogP contribution in [0.2, 0.25) is 0 Å². The molecule has 0 radical (unpaired) electrons. The lowest BCUT2D eigenvalue weighted by molar-refractivity contribution is -0.143. The van der Waals surface area contributed by atoms with E-state index in [9.17, 15) is 24.3 Å². The average Bonchev–Trinajstić information content (AvgIpc) is 2.83. The van der Waals surface area contributed by atoms with E-state index in [-0.39, 0.29) is 24.8 Å². The number of guanidine groups is 1. The summed E-state index contributed by atoms with van der Waals surface area (Å²) < 4.78 is 0. The molecule has 0 saturated heterocycles. The highest BCUT2D eigenvalue weighted by atomic mass is 16.4. The van der Waals surface area contributed by atoms with E-state index in [1.54, 1.807) is 6.92 Å². The van der Waals surface area contributed by atoms with Gasteiger partial charge in [0.2, 0.25) is 17.7 Å². The van der Waals surface area contributed by atoms with Crippen molar-refractivity contribution >= 4 is 29.7 Å². The third kappa shape index (κ3) is 10.7. The molecule has 0 aliphatic carbocycles. The average molecular weight is 506 g/mol. The largest absolute Gasteiger partial charge is 0.480 e. The standard InChI is InChI=1S/C24H39N7O5/c1-4-14(2)19(23(35)36)31-22(34)18(11-8-12-28-24(26)27)30-20(32)15(3)29-21(33)17(25)13-16-9-6-5-7-10-16/h5-7,9-10,14-15,17-19H,4,8,11-13,25H2,1-3H3,(H,29,33)(H,30,32)(H,31,34)(H,35,36)(H4,26,27,28). The van der Waals surface area contributed by atoms with Gasteiger partial charge in [-0.2, -0.15) is 0 Å². The van der Waals surface area contributed by atoms with Crippen LogP contribution in [0.1, 0.15) is 45.6 Å². The third-order valence-electron chi connectivity index (χ3n) is 5.74. The fourth-order valence-corrected chi connectivity index (χ4v) is 3.35. The first-order valence-corrected chi connectivity index (χ1v) is 11.9. The number of carbonyl (C=O) groups is 4. The molecule has 1 rings (SSSR count). The van der Waals surface area contributed by atoms with E-state index < -0.39 is 47.9 Å². The Morgan fingerprint density at radius 2 is 1.61 bits per heavy atom. The minimum atomic E-state index is -1.17. The van der Waals surface area contributed by atoms with Crippen molar-refractivity contribution in [2.75, 3.05) is 6.54 Å². The van der Waals surface area contributed by atoms with Crippen molar-refractivity contribution in [2.45, 2.75) is 70.6 Å². The first kappa shape index (κ1) is 30.4. The second kappa shape index (κ2) is 15.4. The smallest absolute Gasteiger partial charge is 0.326 e. The number of benzene rings is 1. The van der Waals surface area contributed by atoms with Crippen molar-refractivity contribution in [2.24, 2.45) is 28.1 Å². The van der Waals surface area contributed by atoms with Gasteiger partial charge in [-0.1, -0.05) is 50.6 Å². The number of hydrogen-bond donors (Lipinski definition) is 7. The van der Waals surface area contributed by atoms with Crippen LogP contribution in [0, 0.1) is 5.92 Å². The SMILES string of the molecule is CCC(C)C(NC(=O)C(CCCN=C(N)N)NC(=O)C(C)NC(=O)C(N)Cc1ccccc1)C(=O)O. The van der Waals surface area contributed by atoms with Crippen LogP contribution < -0.4 is 33.2 Å². The second-order valence-corrected chi connectivity index (χ2v) is 8.75. The van der Waals surface area contributed by atoms with E-state index in [2.05, 4.69) is 20.9 Å². The molecule has 0 heterocycles. The number of amides is 3. The Morgan fingerprint density at radius 1 is 0.972 bits per heavy atom. The zero-order chi connectivity index (χ0) is 27.3. The van der Waals surface area contributed by atoms with Gasteiger partial charge < -0.3 is 38.3 Å².